The maximum absolute atomic E-state index is 12.8. The first-order valence-electron chi connectivity index (χ1n) is 8.90. The van der Waals surface area contributed by atoms with Crippen LogP contribution >= 0.6 is 11.8 Å². The average molecular weight is 353 g/mol. The Kier molecular flexibility index (Phi) is 8.06. The first-order chi connectivity index (χ1) is 11.5. The summed E-state index contributed by atoms with van der Waals surface area (Å²) in [6.45, 7) is 8.97. The van der Waals surface area contributed by atoms with E-state index in [2.05, 4.69) is 24.1 Å². The Labute approximate surface area is 149 Å². The molecule has 24 heavy (non-hydrogen) atoms. The highest BCUT2D eigenvalue weighted by Crippen LogP contribution is 2.21. The van der Waals surface area contributed by atoms with E-state index in [-0.39, 0.29) is 11.7 Å². The van der Waals surface area contributed by atoms with Gasteiger partial charge < -0.3 is 10.2 Å². The molecule has 2 rings (SSSR count). The number of nitrogens with zero attached hydrogens (tertiary/aromatic N) is 1. The number of piperidine rings is 1. The summed E-state index contributed by atoms with van der Waals surface area (Å²) in [7, 11) is 0. The molecule has 0 aliphatic carbocycles. The summed E-state index contributed by atoms with van der Waals surface area (Å²) >= 11 is 1.44. The Morgan fingerprint density at radius 2 is 1.88 bits per heavy atom. The molecule has 5 heteroatoms. The van der Waals surface area contributed by atoms with E-state index in [1.807, 2.05) is 0 Å². The van der Waals surface area contributed by atoms with Gasteiger partial charge in [0.05, 0.1) is 5.75 Å². The van der Waals surface area contributed by atoms with E-state index < -0.39 is 0 Å². The lowest BCUT2D eigenvalue weighted by Gasteiger charge is -2.34. The van der Waals surface area contributed by atoms with Gasteiger partial charge in [0.2, 0.25) is 5.91 Å². The van der Waals surface area contributed by atoms with Gasteiger partial charge in [-0.1, -0.05) is 13.8 Å². The Bertz CT molecular complexity index is 499. The molecule has 0 radical (unpaired) electrons. The lowest BCUT2D eigenvalue weighted by atomic mass is 9.92. The molecule has 1 heterocycles. The van der Waals surface area contributed by atoms with Crippen LogP contribution in [0, 0.1) is 17.7 Å². The summed E-state index contributed by atoms with van der Waals surface area (Å²) in [5.74, 6) is 1.78. The minimum atomic E-state index is -0.249. The van der Waals surface area contributed by atoms with Crippen LogP contribution in [0.4, 0.5) is 4.39 Å². The molecule has 0 saturated carbocycles. The fourth-order valence-corrected chi connectivity index (χ4v) is 4.12. The second-order valence-corrected chi connectivity index (χ2v) is 8.05. The Morgan fingerprint density at radius 1 is 1.21 bits per heavy atom. The normalized spacial score (nSPS) is 21.6. The molecule has 1 N–H and O–H groups in total. The molecule has 2 unspecified atom stereocenters. The van der Waals surface area contributed by atoms with Crippen LogP contribution in [0.3, 0.4) is 0 Å². The van der Waals surface area contributed by atoms with Gasteiger partial charge in [0.25, 0.3) is 0 Å². The molecule has 3 nitrogen and oxygen atoms in total. The molecule has 1 fully saturated rings. The number of nitrogens with one attached hydrogen (secondary N) is 1. The third-order valence-electron chi connectivity index (χ3n) is 4.35. The van der Waals surface area contributed by atoms with Crippen molar-refractivity contribution in [2.75, 3.05) is 31.9 Å². The van der Waals surface area contributed by atoms with Gasteiger partial charge in [0.1, 0.15) is 5.82 Å². The molecule has 0 bridgehead atoms. The number of carbonyl (C=O) groups is 1. The lowest BCUT2D eigenvalue weighted by molar-refractivity contribution is -0.118. The Balaban J connectivity index is 1.52. The van der Waals surface area contributed by atoms with Gasteiger partial charge >= 0.3 is 0 Å². The maximum Gasteiger partial charge on any atom is 0.230 e. The van der Waals surface area contributed by atoms with Crippen molar-refractivity contribution in [3.05, 3.63) is 30.1 Å². The van der Waals surface area contributed by atoms with Crippen molar-refractivity contribution >= 4 is 17.7 Å². The number of rotatable bonds is 8. The van der Waals surface area contributed by atoms with Crippen molar-refractivity contribution in [2.24, 2.45) is 11.8 Å². The lowest BCUT2D eigenvalue weighted by Crippen LogP contribution is -2.39. The molecule has 0 aromatic heterocycles. The first-order valence-corrected chi connectivity index (χ1v) is 9.89. The van der Waals surface area contributed by atoms with Crippen LogP contribution in [-0.4, -0.2) is 42.7 Å². The molecule has 1 aliphatic rings. The van der Waals surface area contributed by atoms with E-state index in [1.54, 1.807) is 12.1 Å². The summed E-state index contributed by atoms with van der Waals surface area (Å²) in [5.41, 5.74) is 0. The zero-order chi connectivity index (χ0) is 17.4. The molecule has 0 spiro atoms. The van der Waals surface area contributed by atoms with Crippen LogP contribution in [0.15, 0.2) is 29.2 Å². The number of halogens is 1. The molecule has 1 aliphatic heterocycles. The number of hydrogen-bond donors (Lipinski definition) is 1. The number of hydrogen-bond acceptors (Lipinski definition) is 3. The zero-order valence-corrected chi connectivity index (χ0v) is 15.6. The standard InChI is InChI=1S/C19H29FN2OS/c1-15-11-16(2)13-22(12-15)10-4-3-9-21-19(23)14-24-18-7-5-17(20)6-8-18/h5-8,15-16H,3-4,9-14H2,1-2H3,(H,21,23). The van der Waals surface area contributed by atoms with Crippen LogP contribution in [-0.2, 0) is 4.79 Å². The van der Waals surface area contributed by atoms with E-state index in [4.69, 9.17) is 0 Å². The topological polar surface area (TPSA) is 32.3 Å². The van der Waals surface area contributed by atoms with E-state index >= 15 is 0 Å². The zero-order valence-electron chi connectivity index (χ0n) is 14.8. The third kappa shape index (κ3) is 7.22. The summed E-state index contributed by atoms with van der Waals surface area (Å²) in [4.78, 5) is 15.3. The van der Waals surface area contributed by atoms with Crippen molar-refractivity contribution in [1.29, 1.82) is 0 Å². The van der Waals surface area contributed by atoms with Gasteiger partial charge in [-0.15, -0.1) is 11.8 Å². The molecule has 134 valence electrons. The van der Waals surface area contributed by atoms with E-state index in [0.29, 0.717) is 5.75 Å². The van der Waals surface area contributed by atoms with Crippen molar-refractivity contribution in [3.8, 4) is 0 Å². The van der Waals surface area contributed by atoms with Gasteiger partial charge in [0, 0.05) is 24.5 Å². The van der Waals surface area contributed by atoms with Crippen LogP contribution in [0.1, 0.15) is 33.1 Å². The Hall–Kier alpha value is -1.07. The van der Waals surface area contributed by atoms with Gasteiger partial charge in [-0.05, 0) is 61.9 Å². The highest BCUT2D eigenvalue weighted by molar-refractivity contribution is 8.00. The van der Waals surface area contributed by atoms with Crippen LogP contribution in [0.5, 0.6) is 0 Å². The summed E-state index contributed by atoms with van der Waals surface area (Å²) in [5, 5.41) is 2.97. The van der Waals surface area contributed by atoms with Crippen molar-refractivity contribution < 1.29 is 9.18 Å². The fraction of sp³-hybridized carbons (Fsp3) is 0.632. The van der Waals surface area contributed by atoms with Crippen LogP contribution in [0.25, 0.3) is 0 Å². The maximum atomic E-state index is 12.8. The molecule has 1 saturated heterocycles. The molecular weight excluding hydrogens is 323 g/mol. The third-order valence-corrected chi connectivity index (χ3v) is 5.36. The number of unbranched alkanes of at least 4 members (excludes halogenated alkanes) is 1. The molecule has 2 atom stereocenters. The van der Waals surface area contributed by atoms with Crippen molar-refractivity contribution in [1.82, 2.24) is 10.2 Å². The minimum Gasteiger partial charge on any atom is -0.355 e. The Morgan fingerprint density at radius 3 is 2.54 bits per heavy atom. The predicted octanol–water partition coefficient (Wildman–Crippen LogP) is 3.79. The molecule has 1 aromatic rings. The van der Waals surface area contributed by atoms with E-state index in [1.165, 1.54) is 43.4 Å². The second kappa shape index (κ2) is 10.0. The quantitative estimate of drug-likeness (QED) is 0.571. The van der Waals surface area contributed by atoms with E-state index in [9.17, 15) is 9.18 Å². The smallest absolute Gasteiger partial charge is 0.230 e. The number of likely N-dealkylation sites (tertiary alicyclic amines) is 1. The van der Waals surface area contributed by atoms with Crippen LogP contribution < -0.4 is 5.32 Å². The van der Waals surface area contributed by atoms with Gasteiger partial charge in [-0.25, -0.2) is 4.39 Å². The minimum absolute atomic E-state index is 0.0459. The number of benzene rings is 1. The predicted molar refractivity (Wildman–Crippen MR) is 98.8 cm³/mol. The van der Waals surface area contributed by atoms with Crippen LogP contribution in [0.2, 0.25) is 0 Å². The highest BCUT2D eigenvalue weighted by Gasteiger charge is 2.20. The van der Waals surface area contributed by atoms with Gasteiger partial charge in [-0.3, -0.25) is 4.79 Å². The monoisotopic (exact) mass is 352 g/mol. The van der Waals surface area contributed by atoms with Gasteiger partial charge in [0.15, 0.2) is 0 Å². The average Bonchev–Trinajstić information content (AvgIpc) is 2.53. The molecule has 1 amide bonds. The summed E-state index contributed by atoms with van der Waals surface area (Å²) in [6.07, 6.45) is 3.50. The van der Waals surface area contributed by atoms with E-state index in [0.717, 1.165) is 42.7 Å². The SMILES string of the molecule is CC1CC(C)CN(CCCCNC(=O)CSc2ccc(F)cc2)C1. The number of amides is 1. The van der Waals surface area contributed by atoms with Crippen molar-refractivity contribution in [2.45, 2.75) is 38.0 Å². The van der Waals surface area contributed by atoms with Crippen molar-refractivity contribution in [3.63, 3.8) is 0 Å². The number of thioether (sulfide) groups is 1. The highest BCUT2D eigenvalue weighted by atomic mass is 32.2. The fourth-order valence-electron chi connectivity index (χ4n) is 3.39. The summed E-state index contributed by atoms with van der Waals surface area (Å²) in [6, 6.07) is 6.24. The molecule has 1 aromatic carbocycles. The largest absolute Gasteiger partial charge is 0.355 e. The first kappa shape index (κ1) is 19.3. The second-order valence-electron chi connectivity index (χ2n) is 7.01. The van der Waals surface area contributed by atoms with Gasteiger partial charge in [-0.2, -0.15) is 0 Å². The summed E-state index contributed by atoms with van der Waals surface area (Å²) < 4.78 is 12.8. The number of carbonyl (C=O) groups excluding carboxylic acids is 1. The molecular formula is C19H29FN2OS.